The van der Waals surface area contributed by atoms with Crippen molar-refractivity contribution in [3.63, 3.8) is 0 Å². The number of pyridine rings is 1. The molecule has 0 fully saturated rings. The number of benzene rings is 1. The smallest absolute Gasteiger partial charge is 0.404 e. The fraction of sp³-hybridized carbons (Fsp3) is 0.350. The predicted octanol–water partition coefficient (Wildman–Crippen LogP) is 3.99. The molecule has 0 spiro atoms. The molecular weight excluding hydrogens is 330 g/mol. The Labute approximate surface area is 153 Å². The second-order valence-electron chi connectivity index (χ2n) is 6.51. The number of hydrogen-bond donors (Lipinski definition) is 2. The van der Waals surface area contributed by atoms with Crippen LogP contribution in [0.2, 0.25) is 0 Å². The van der Waals surface area contributed by atoms with Gasteiger partial charge in [0.25, 0.3) is 0 Å². The van der Waals surface area contributed by atoms with Crippen LogP contribution in [0.15, 0.2) is 36.5 Å². The molecule has 2 rings (SSSR count). The molecule has 1 aromatic carbocycles. The highest BCUT2D eigenvalue weighted by atomic mass is 16.5. The Morgan fingerprint density at radius 2 is 2.04 bits per heavy atom. The van der Waals surface area contributed by atoms with Gasteiger partial charge in [-0.05, 0) is 61.6 Å². The van der Waals surface area contributed by atoms with Gasteiger partial charge in [-0.3, -0.25) is 4.98 Å². The summed E-state index contributed by atoms with van der Waals surface area (Å²) in [5, 5.41) is 20.6. The van der Waals surface area contributed by atoms with E-state index >= 15 is 0 Å². The minimum atomic E-state index is -1.03. The summed E-state index contributed by atoms with van der Waals surface area (Å²) in [5.74, 6) is 0.679. The SMILES string of the molecule is Cc1cc(-c2ccc(OC[C@@H](C)CC(C)NC(=O)O)c(C#N)c2)ccn1. The van der Waals surface area contributed by atoms with Crippen LogP contribution in [0.5, 0.6) is 5.75 Å². The second kappa shape index (κ2) is 8.86. The van der Waals surface area contributed by atoms with E-state index < -0.39 is 6.09 Å². The van der Waals surface area contributed by atoms with Gasteiger partial charge < -0.3 is 15.2 Å². The number of nitrogens with one attached hydrogen (secondary N) is 1. The molecule has 2 atom stereocenters. The molecule has 6 nitrogen and oxygen atoms in total. The minimum Gasteiger partial charge on any atom is -0.492 e. The van der Waals surface area contributed by atoms with E-state index in [1.54, 1.807) is 12.3 Å². The van der Waals surface area contributed by atoms with Gasteiger partial charge in [-0.15, -0.1) is 0 Å². The fourth-order valence-corrected chi connectivity index (χ4v) is 2.82. The number of rotatable bonds is 7. The van der Waals surface area contributed by atoms with E-state index in [1.165, 1.54) is 0 Å². The molecule has 2 N–H and O–H groups in total. The van der Waals surface area contributed by atoms with Crippen LogP contribution >= 0.6 is 0 Å². The Balaban J connectivity index is 2.04. The molecule has 1 aromatic heterocycles. The van der Waals surface area contributed by atoms with Crippen molar-refractivity contribution in [2.45, 2.75) is 33.2 Å². The largest absolute Gasteiger partial charge is 0.492 e. The van der Waals surface area contributed by atoms with Crippen molar-refractivity contribution in [2.24, 2.45) is 5.92 Å². The van der Waals surface area contributed by atoms with Crippen LogP contribution in [-0.2, 0) is 0 Å². The molecule has 0 saturated carbocycles. The van der Waals surface area contributed by atoms with Gasteiger partial charge in [-0.25, -0.2) is 4.79 Å². The Morgan fingerprint density at radius 1 is 1.31 bits per heavy atom. The van der Waals surface area contributed by atoms with E-state index in [1.807, 2.05) is 45.0 Å². The summed E-state index contributed by atoms with van der Waals surface area (Å²) in [4.78, 5) is 14.8. The van der Waals surface area contributed by atoms with Crippen LogP contribution < -0.4 is 10.1 Å². The lowest BCUT2D eigenvalue weighted by Crippen LogP contribution is -2.33. The number of hydrogen-bond acceptors (Lipinski definition) is 4. The third kappa shape index (κ3) is 5.49. The molecule has 136 valence electrons. The normalized spacial score (nSPS) is 12.7. The van der Waals surface area contributed by atoms with Crippen LogP contribution in [0.25, 0.3) is 11.1 Å². The number of nitrogens with zero attached hydrogens (tertiary/aromatic N) is 2. The Morgan fingerprint density at radius 3 is 2.69 bits per heavy atom. The zero-order valence-corrected chi connectivity index (χ0v) is 15.2. The lowest BCUT2D eigenvalue weighted by atomic mass is 10.0. The Kier molecular flexibility index (Phi) is 6.56. The lowest BCUT2D eigenvalue weighted by Gasteiger charge is -2.18. The molecule has 1 heterocycles. The first kappa shape index (κ1) is 19.3. The average molecular weight is 353 g/mol. The summed E-state index contributed by atoms with van der Waals surface area (Å²) >= 11 is 0. The third-order valence-electron chi connectivity index (χ3n) is 3.98. The Hall–Kier alpha value is -3.07. The number of aryl methyl sites for hydroxylation is 1. The molecule has 0 radical (unpaired) electrons. The number of nitriles is 1. The van der Waals surface area contributed by atoms with Crippen molar-refractivity contribution in [3.8, 4) is 22.9 Å². The molecule has 0 aliphatic carbocycles. The highest BCUT2D eigenvalue weighted by Gasteiger charge is 2.13. The summed E-state index contributed by atoms with van der Waals surface area (Å²) < 4.78 is 5.80. The summed E-state index contributed by atoms with van der Waals surface area (Å²) in [6, 6.07) is 11.4. The molecule has 0 aliphatic rings. The van der Waals surface area contributed by atoms with E-state index in [0.717, 1.165) is 16.8 Å². The molecule has 0 saturated heterocycles. The fourth-order valence-electron chi connectivity index (χ4n) is 2.82. The summed E-state index contributed by atoms with van der Waals surface area (Å²) in [6.45, 7) is 6.14. The van der Waals surface area contributed by atoms with E-state index in [2.05, 4.69) is 16.4 Å². The number of carboxylic acid groups (broad SMARTS) is 1. The van der Waals surface area contributed by atoms with Crippen LogP contribution in [0, 0.1) is 24.2 Å². The van der Waals surface area contributed by atoms with Gasteiger partial charge in [-0.2, -0.15) is 5.26 Å². The Bertz CT molecular complexity index is 814. The number of carbonyl (C=O) groups is 1. The van der Waals surface area contributed by atoms with E-state index in [9.17, 15) is 10.1 Å². The van der Waals surface area contributed by atoms with Crippen molar-refractivity contribution >= 4 is 6.09 Å². The van der Waals surface area contributed by atoms with E-state index in [0.29, 0.717) is 24.3 Å². The summed E-state index contributed by atoms with van der Waals surface area (Å²) in [7, 11) is 0. The van der Waals surface area contributed by atoms with Gasteiger partial charge in [-0.1, -0.05) is 13.0 Å². The zero-order valence-electron chi connectivity index (χ0n) is 15.2. The van der Waals surface area contributed by atoms with Crippen LogP contribution in [-0.4, -0.2) is 28.8 Å². The molecule has 0 aliphatic heterocycles. The minimum absolute atomic E-state index is 0.144. The first-order chi connectivity index (χ1) is 12.4. The van der Waals surface area contributed by atoms with Gasteiger partial charge in [0.05, 0.1) is 12.2 Å². The monoisotopic (exact) mass is 353 g/mol. The molecular formula is C20H23N3O3. The van der Waals surface area contributed by atoms with Crippen molar-refractivity contribution in [3.05, 3.63) is 47.8 Å². The lowest BCUT2D eigenvalue weighted by molar-refractivity contribution is 0.185. The van der Waals surface area contributed by atoms with E-state index in [4.69, 9.17) is 9.84 Å². The van der Waals surface area contributed by atoms with E-state index in [-0.39, 0.29) is 12.0 Å². The quantitative estimate of drug-likeness (QED) is 0.785. The number of aromatic nitrogens is 1. The van der Waals surface area contributed by atoms with Gasteiger partial charge in [0.2, 0.25) is 0 Å². The number of amides is 1. The van der Waals surface area contributed by atoms with Crippen molar-refractivity contribution in [2.75, 3.05) is 6.61 Å². The maximum absolute atomic E-state index is 10.6. The third-order valence-corrected chi connectivity index (χ3v) is 3.98. The summed E-state index contributed by atoms with van der Waals surface area (Å²) in [6.07, 6.45) is 1.37. The molecule has 6 heteroatoms. The zero-order chi connectivity index (χ0) is 19.1. The molecule has 1 unspecified atom stereocenters. The standard InChI is InChI=1S/C20H23N3O3/c1-13(8-15(3)23-20(24)25)12-26-19-5-4-16(10-18(19)11-21)17-6-7-22-14(2)9-17/h4-7,9-10,13,15,23H,8,12H2,1-3H3,(H,24,25)/t13-,15?/m0/s1. The van der Waals surface area contributed by atoms with Crippen molar-refractivity contribution in [1.29, 1.82) is 5.26 Å². The number of ether oxygens (including phenoxy) is 1. The average Bonchev–Trinajstić information content (AvgIpc) is 2.59. The van der Waals surface area contributed by atoms with Crippen LogP contribution in [0.4, 0.5) is 4.79 Å². The molecule has 26 heavy (non-hydrogen) atoms. The van der Waals surface area contributed by atoms with Crippen LogP contribution in [0.3, 0.4) is 0 Å². The van der Waals surface area contributed by atoms with Gasteiger partial charge in [0.15, 0.2) is 0 Å². The predicted molar refractivity (Wildman–Crippen MR) is 99.0 cm³/mol. The van der Waals surface area contributed by atoms with Crippen molar-refractivity contribution < 1.29 is 14.6 Å². The molecule has 1 amide bonds. The summed E-state index contributed by atoms with van der Waals surface area (Å²) in [5.41, 5.74) is 3.33. The van der Waals surface area contributed by atoms with Crippen molar-refractivity contribution in [1.82, 2.24) is 10.3 Å². The first-order valence-corrected chi connectivity index (χ1v) is 8.48. The first-order valence-electron chi connectivity index (χ1n) is 8.48. The highest BCUT2D eigenvalue weighted by molar-refractivity contribution is 5.67. The highest BCUT2D eigenvalue weighted by Crippen LogP contribution is 2.27. The van der Waals surface area contributed by atoms with Crippen LogP contribution in [0.1, 0.15) is 31.5 Å². The molecule has 0 bridgehead atoms. The van der Waals surface area contributed by atoms with Gasteiger partial charge in [0.1, 0.15) is 11.8 Å². The second-order valence-corrected chi connectivity index (χ2v) is 6.51. The maximum Gasteiger partial charge on any atom is 0.404 e. The maximum atomic E-state index is 10.6. The topological polar surface area (TPSA) is 95.2 Å². The van der Waals surface area contributed by atoms with Gasteiger partial charge >= 0.3 is 6.09 Å². The molecule has 2 aromatic rings. The van der Waals surface area contributed by atoms with Gasteiger partial charge in [0, 0.05) is 17.9 Å².